The predicted molar refractivity (Wildman–Crippen MR) is 83.5 cm³/mol. The lowest BCUT2D eigenvalue weighted by Gasteiger charge is -2.12. The number of nitrogens with one attached hydrogen (secondary N) is 1. The summed E-state index contributed by atoms with van der Waals surface area (Å²) < 4.78 is 28.3. The number of rotatable bonds is 6. The molecule has 1 amide bonds. The van der Waals surface area contributed by atoms with Crippen LogP contribution in [-0.4, -0.2) is 17.8 Å². The number of amides is 1. The normalized spacial score (nSPS) is 12.0. The first-order valence-corrected chi connectivity index (χ1v) is 7.50. The molecule has 0 heterocycles. The lowest BCUT2D eigenvalue weighted by molar-refractivity contribution is -0.115. The second-order valence-electron chi connectivity index (χ2n) is 4.47. The first-order valence-electron chi connectivity index (χ1n) is 6.62. The number of carbonyl (C=O) groups excluding carboxylic acids is 1. The van der Waals surface area contributed by atoms with Gasteiger partial charge >= 0.3 is 6.61 Å². The molecule has 0 spiro atoms. The number of carbonyl (C=O) groups is 1. The second-order valence-corrected chi connectivity index (χ2v) is 5.88. The van der Waals surface area contributed by atoms with Gasteiger partial charge < -0.3 is 10.1 Å². The van der Waals surface area contributed by atoms with Gasteiger partial charge in [-0.3, -0.25) is 4.79 Å². The molecule has 116 valence electrons. The number of ether oxygens (including phenoxy) is 1. The smallest absolute Gasteiger partial charge is 0.387 e. The van der Waals surface area contributed by atoms with Crippen molar-refractivity contribution < 1.29 is 18.3 Å². The van der Waals surface area contributed by atoms with E-state index in [0.717, 1.165) is 4.90 Å². The average Bonchev–Trinajstić information content (AvgIpc) is 2.49. The summed E-state index contributed by atoms with van der Waals surface area (Å²) in [5.41, 5.74) is 0.534. The van der Waals surface area contributed by atoms with E-state index in [9.17, 15) is 13.6 Å². The number of hydrogen-bond donors (Lipinski definition) is 1. The number of benzene rings is 2. The van der Waals surface area contributed by atoms with Crippen molar-refractivity contribution >= 4 is 23.4 Å². The summed E-state index contributed by atoms with van der Waals surface area (Å²) in [6.45, 7) is -1.05. The van der Waals surface area contributed by atoms with E-state index < -0.39 is 6.61 Å². The van der Waals surface area contributed by atoms with Crippen molar-refractivity contribution in [2.75, 3.05) is 5.32 Å². The third kappa shape index (κ3) is 5.04. The lowest BCUT2D eigenvalue weighted by atomic mass is 10.3. The fourth-order valence-electron chi connectivity index (χ4n) is 1.72. The Bertz CT molecular complexity index is 605. The lowest BCUT2D eigenvalue weighted by Crippen LogP contribution is -2.22. The average molecular weight is 323 g/mol. The summed E-state index contributed by atoms with van der Waals surface area (Å²) in [4.78, 5) is 13.1. The minimum atomic E-state index is -2.86. The van der Waals surface area contributed by atoms with Crippen molar-refractivity contribution in [2.45, 2.75) is 23.7 Å². The van der Waals surface area contributed by atoms with Gasteiger partial charge in [-0.2, -0.15) is 8.78 Å². The molecular weight excluding hydrogens is 308 g/mol. The van der Waals surface area contributed by atoms with E-state index >= 15 is 0 Å². The molecule has 2 aromatic carbocycles. The van der Waals surface area contributed by atoms with Crippen molar-refractivity contribution in [3.63, 3.8) is 0 Å². The molecule has 1 unspecified atom stereocenters. The zero-order chi connectivity index (χ0) is 15.9. The molecule has 0 aliphatic rings. The molecule has 0 saturated heterocycles. The summed E-state index contributed by atoms with van der Waals surface area (Å²) in [7, 11) is 0. The second kappa shape index (κ2) is 7.79. The standard InChI is InChI=1S/C16H15F2NO2S/c1-11(22-14-5-3-2-4-6-14)15(20)19-12-7-9-13(10-8-12)21-16(17)18/h2-11,16H,1H3,(H,19,20). The third-order valence-corrected chi connectivity index (χ3v) is 3.88. The topological polar surface area (TPSA) is 38.3 Å². The number of halogens is 2. The van der Waals surface area contributed by atoms with E-state index in [1.807, 2.05) is 30.3 Å². The molecule has 2 aromatic rings. The molecule has 0 saturated carbocycles. The van der Waals surface area contributed by atoms with Crippen LogP contribution < -0.4 is 10.1 Å². The third-order valence-electron chi connectivity index (χ3n) is 2.77. The van der Waals surface area contributed by atoms with Crippen LogP contribution in [0.2, 0.25) is 0 Å². The monoisotopic (exact) mass is 323 g/mol. The molecule has 1 atom stereocenters. The van der Waals surface area contributed by atoms with Gasteiger partial charge in [0.05, 0.1) is 5.25 Å². The highest BCUT2D eigenvalue weighted by Crippen LogP contribution is 2.24. The Morgan fingerprint density at radius 2 is 1.73 bits per heavy atom. The molecule has 0 bridgehead atoms. The Hall–Kier alpha value is -2.08. The zero-order valence-electron chi connectivity index (χ0n) is 11.8. The van der Waals surface area contributed by atoms with Crippen molar-refractivity contribution in [1.29, 1.82) is 0 Å². The molecule has 1 N–H and O–H groups in total. The summed E-state index contributed by atoms with van der Waals surface area (Å²) >= 11 is 1.45. The van der Waals surface area contributed by atoms with E-state index in [-0.39, 0.29) is 16.9 Å². The Labute approximate surface area is 131 Å². The summed E-state index contributed by atoms with van der Waals surface area (Å²) in [6, 6.07) is 15.4. The van der Waals surface area contributed by atoms with Gasteiger partial charge in [0.2, 0.25) is 5.91 Å². The first-order chi connectivity index (χ1) is 10.5. The van der Waals surface area contributed by atoms with Crippen LogP contribution in [0.15, 0.2) is 59.5 Å². The molecule has 0 aliphatic heterocycles. The van der Waals surface area contributed by atoms with Gasteiger partial charge in [0.25, 0.3) is 0 Å². The highest BCUT2D eigenvalue weighted by Gasteiger charge is 2.14. The van der Waals surface area contributed by atoms with Crippen LogP contribution in [0, 0.1) is 0 Å². The molecule has 0 aromatic heterocycles. The van der Waals surface area contributed by atoms with E-state index in [1.165, 1.54) is 36.0 Å². The minimum absolute atomic E-state index is 0.0553. The van der Waals surface area contributed by atoms with E-state index in [0.29, 0.717) is 5.69 Å². The zero-order valence-corrected chi connectivity index (χ0v) is 12.6. The molecule has 0 radical (unpaired) electrons. The minimum Gasteiger partial charge on any atom is -0.435 e. The summed E-state index contributed by atoms with van der Waals surface area (Å²) in [5, 5.41) is 2.46. The number of hydrogen-bond acceptors (Lipinski definition) is 3. The van der Waals surface area contributed by atoms with Crippen LogP contribution in [0.3, 0.4) is 0 Å². The van der Waals surface area contributed by atoms with E-state index in [1.54, 1.807) is 6.92 Å². The highest BCUT2D eigenvalue weighted by atomic mass is 32.2. The van der Waals surface area contributed by atoms with Gasteiger partial charge in [-0.05, 0) is 43.3 Å². The Balaban J connectivity index is 1.90. The van der Waals surface area contributed by atoms with Crippen LogP contribution in [0.4, 0.5) is 14.5 Å². The fourth-order valence-corrected chi connectivity index (χ4v) is 2.61. The molecule has 2 rings (SSSR count). The van der Waals surface area contributed by atoms with Gasteiger partial charge in [-0.1, -0.05) is 18.2 Å². The Kier molecular flexibility index (Phi) is 5.77. The highest BCUT2D eigenvalue weighted by molar-refractivity contribution is 8.00. The largest absolute Gasteiger partial charge is 0.435 e. The van der Waals surface area contributed by atoms with E-state index in [2.05, 4.69) is 10.1 Å². The maximum absolute atomic E-state index is 12.1. The molecule has 22 heavy (non-hydrogen) atoms. The molecule has 6 heteroatoms. The van der Waals surface area contributed by atoms with Crippen LogP contribution in [0.5, 0.6) is 5.75 Å². The van der Waals surface area contributed by atoms with Crippen molar-refractivity contribution in [3.8, 4) is 5.75 Å². The van der Waals surface area contributed by atoms with Gasteiger partial charge in [0.1, 0.15) is 5.75 Å². The quantitative estimate of drug-likeness (QED) is 0.800. The number of thioether (sulfide) groups is 1. The predicted octanol–water partition coefficient (Wildman–Crippen LogP) is 4.41. The Morgan fingerprint density at radius 3 is 2.32 bits per heavy atom. The van der Waals surface area contributed by atoms with Crippen molar-refractivity contribution in [2.24, 2.45) is 0 Å². The molecular formula is C16H15F2NO2S. The maximum Gasteiger partial charge on any atom is 0.387 e. The van der Waals surface area contributed by atoms with Crippen LogP contribution in [-0.2, 0) is 4.79 Å². The molecule has 3 nitrogen and oxygen atoms in total. The summed E-state index contributed by atoms with van der Waals surface area (Å²) in [5.74, 6) is -0.101. The van der Waals surface area contributed by atoms with Crippen LogP contribution >= 0.6 is 11.8 Å². The van der Waals surface area contributed by atoms with Gasteiger partial charge in [0.15, 0.2) is 0 Å². The number of anilines is 1. The van der Waals surface area contributed by atoms with Gasteiger partial charge in [-0.15, -0.1) is 11.8 Å². The maximum atomic E-state index is 12.1. The SMILES string of the molecule is CC(Sc1ccccc1)C(=O)Nc1ccc(OC(F)F)cc1. The van der Waals surface area contributed by atoms with E-state index in [4.69, 9.17) is 0 Å². The van der Waals surface area contributed by atoms with Gasteiger partial charge in [0, 0.05) is 10.6 Å². The fraction of sp³-hybridized carbons (Fsp3) is 0.188. The number of alkyl halides is 2. The van der Waals surface area contributed by atoms with Crippen LogP contribution in [0.25, 0.3) is 0 Å². The van der Waals surface area contributed by atoms with Gasteiger partial charge in [-0.25, -0.2) is 0 Å². The van der Waals surface area contributed by atoms with Crippen molar-refractivity contribution in [1.82, 2.24) is 0 Å². The van der Waals surface area contributed by atoms with Crippen LogP contribution in [0.1, 0.15) is 6.92 Å². The van der Waals surface area contributed by atoms with Crippen molar-refractivity contribution in [3.05, 3.63) is 54.6 Å². The summed E-state index contributed by atoms with van der Waals surface area (Å²) in [6.07, 6.45) is 0. The first kappa shape index (κ1) is 16.3. The Morgan fingerprint density at radius 1 is 1.09 bits per heavy atom. The molecule has 0 aliphatic carbocycles. The molecule has 0 fully saturated rings.